The van der Waals surface area contributed by atoms with Crippen LogP contribution in [-0.4, -0.2) is 37.0 Å². The lowest BCUT2D eigenvalue weighted by Gasteiger charge is -2.61. The Balaban J connectivity index is 1.18. The van der Waals surface area contributed by atoms with E-state index in [1.54, 1.807) is 0 Å². The molecule has 0 aromatic rings. The van der Waals surface area contributed by atoms with Gasteiger partial charge >= 0.3 is 0 Å². The van der Waals surface area contributed by atoms with Gasteiger partial charge in [0.2, 0.25) is 0 Å². The van der Waals surface area contributed by atoms with Crippen LogP contribution in [0.2, 0.25) is 0 Å². The quantitative estimate of drug-likeness (QED) is 0.522. The van der Waals surface area contributed by atoms with E-state index >= 15 is 0 Å². The van der Waals surface area contributed by atoms with Gasteiger partial charge in [-0.05, 0) is 117 Å². The third-order valence-electron chi connectivity index (χ3n) is 12.9. The monoisotopic (exact) mass is 471 g/mol. The first-order valence-corrected chi connectivity index (χ1v) is 15.1. The van der Waals surface area contributed by atoms with Crippen LogP contribution in [0.5, 0.6) is 0 Å². The molecule has 0 bridgehead atoms. The second kappa shape index (κ2) is 8.43. The molecule has 0 aromatic heterocycles. The van der Waals surface area contributed by atoms with Crippen LogP contribution in [0.1, 0.15) is 98.8 Å². The Morgan fingerprint density at radius 3 is 2.50 bits per heavy atom. The molecule has 1 spiro atoms. The molecule has 4 saturated carbocycles. The van der Waals surface area contributed by atoms with Crippen LogP contribution < -0.4 is 16.4 Å². The lowest BCUT2D eigenvalue weighted by molar-refractivity contribution is -0.134. The topological polar surface area (TPSA) is 59.3 Å². The van der Waals surface area contributed by atoms with Crippen molar-refractivity contribution in [3.05, 3.63) is 0 Å². The summed E-state index contributed by atoms with van der Waals surface area (Å²) in [6.07, 6.45) is 14.4. The van der Waals surface area contributed by atoms with E-state index in [1.807, 2.05) is 0 Å². The predicted octanol–water partition coefficient (Wildman–Crippen LogP) is 5.31. The molecule has 13 atom stereocenters. The third kappa shape index (κ3) is 3.51. The molecule has 2 saturated heterocycles. The smallest absolute Gasteiger partial charge is 0.122 e. The Hall–Kier alpha value is -0.160. The minimum Gasteiger partial charge on any atom is -0.357 e. The summed E-state index contributed by atoms with van der Waals surface area (Å²) in [4.78, 5) is 0. The number of ether oxygens (including phenoxy) is 1. The first-order chi connectivity index (χ1) is 16.2. The van der Waals surface area contributed by atoms with Crippen molar-refractivity contribution in [3.8, 4) is 0 Å². The molecule has 6 aliphatic rings. The average molecular weight is 472 g/mol. The molecule has 1 unspecified atom stereocenters. The van der Waals surface area contributed by atoms with Crippen molar-refractivity contribution in [3.63, 3.8) is 0 Å². The maximum atomic E-state index is 7.07. The standard InChI is InChI=1S/C30H53N3O/c1-18-8-13-30(33-16-18)20(3)27-26(34-30)15-25-23-7-6-21-14-22(32-17-19(2)31)9-11-28(21,4)24(23)10-12-29(25,27)5/h18-27,32-33H,6-17,31H2,1-5H3/t18-,19+,20-,21-,22?,23+,24-,25-,26-,27-,28-,29-,30-/m0/s1. The van der Waals surface area contributed by atoms with Gasteiger partial charge in [0.05, 0.1) is 6.10 Å². The highest BCUT2D eigenvalue weighted by atomic mass is 16.5. The fraction of sp³-hybridized carbons (Fsp3) is 1.00. The summed E-state index contributed by atoms with van der Waals surface area (Å²) in [6, 6.07) is 0.953. The molecule has 34 heavy (non-hydrogen) atoms. The molecule has 0 aromatic carbocycles. The highest BCUT2D eigenvalue weighted by Crippen LogP contribution is 2.71. The number of rotatable bonds is 3. The normalized spacial score (nSPS) is 57.5. The lowest BCUT2D eigenvalue weighted by atomic mass is 9.44. The van der Waals surface area contributed by atoms with Gasteiger partial charge in [0.25, 0.3) is 0 Å². The van der Waals surface area contributed by atoms with E-state index in [2.05, 4.69) is 45.3 Å². The first kappa shape index (κ1) is 24.2. The van der Waals surface area contributed by atoms with Crippen LogP contribution in [0.4, 0.5) is 0 Å². The number of nitrogens with one attached hydrogen (secondary N) is 2. The predicted molar refractivity (Wildman–Crippen MR) is 139 cm³/mol. The Bertz CT molecular complexity index is 762. The van der Waals surface area contributed by atoms with Crippen LogP contribution in [0.15, 0.2) is 0 Å². The summed E-state index contributed by atoms with van der Waals surface area (Å²) in [7, 11) is 0. The molecule has 4 nitrogen and oxygen atoms in total. The summed E-state index contributed by atoms with van der Waals surface area (Å²) in [5.74, 6) is 5.86. The zero-order chi connectivity index (χ0) is 23.9. The van der Waals surface area contributed by atoms with Crippen LogP contribution in [0, 0.1) is 52.3 Å². The van der Waals surface area contributed by atoms with Gasteiger partial charge in [0.15, 0.2) is 0 Å². The third-order valence-corrected chi connectivity index (χ3v) is 12.9. The van der Waals surface area contributed by atoms with Gasteiger partial charge < -0.3 is 15.8 Å². The first-order valence-electron chi connectivity index (χ1n) is 15.1. The zero-order valence-corrected chi connectivity index (χ0v) is 22.7. The number of nitrogens with two attached hydrogens (primary N) is 1. The van der Waals surface area contributed by atoms with Gasteiger partial charge in [0, 0.05) is 31.1 Å². The van der Waals surface area contributed by atoms with Crippen molar-refractivity contribution in [2.45, 2.75) is 123 Å². The van der Waals surface area contributed by atoms with Crippen molar-refractivity contribution in [2.75, 3.05) is 13.1 Å². The van der Waals surface area contributed by atoms with E-state index in [0.29, 0.717) is 28.9 Å². The van der Waals surface area contributed by atoms with Crippen molar-refractivity contribution < 1.29 is 4.74 Å². The molecule has 6 rings (SSSR count). The van der Waals surface area contributed by atoms with Crippen molar-refractivity contribution in [2.24, 2.45) is 58.0 Å². The van der Waals surface area contributed by atoms with E-state index in [-0.39, 0.29) is 11.8 Å². The van der Waals surface area contributed by atoms with Crippen LogP contribution >= 0.6 is 0 Å². The Labute approximate surface area is 209 Å². The number of piperidine rings is 1. The minimum atomic E-state index is -0.0251. The average Bonchev–Trinajstić information content (AvgIpc) is 3.24. The fourth-order valence-electron chi connectivity index (χ4n) is 11.0. The van der Waals surface area contributed by atoms with E-state index in [1.165, 1.54) is 64.2 Å². The Kier molecular flexibility index (Phi) is 6.00. The Morgan fingerprint density at radius 2 is 1.76 bits per heavy atom. The van der Waals surface area contributed by atoms with Crippen LogP contribution in [-0.2, 0) is 4.74 Å². The maximum absolute atomic E-state index is 7.07. The molecule has 2 heterocycles. The van der Waals surface area contributed by atoms with Crippen molar-refractivity contribution >= 4 is 0 Å². The molecule has 4 N–H and O–H groups in total. The van der Waals surface area contributed by atoms with Gasteiger partial charge in [-0.15, -0.1) is 0 Å². The van der Waals surface area contributed by atoms with Crippen LogP contribution in [0.25, 0.3) is 0 Å². The fourth-order valence-corrected chi connectivity index (χ4v) is 11.0. The SMILES string of the molecule is C[C@H]1CC[C@]2(NC1)O[C@H]1C[C@H]3[C@@H]4CC[C@H]5CC(NC[C@@H](C)N)CC[C@]5(C)[C@H]4CC[C@]3(C)[C@H]1[C@@H]2C. The van der Waals surface area contributed by atoms with Gasteiger partial charge in [-0.2, -0.15) is 0 Å². The summed E-state index contributed by atoms with van der Waals surface area (Å²) in [5.41, 5.74) is 7.06. The zero-order valence-electron chi connectivity index (χ0n) is 22.7. The highest BCUT2D eigenvalue weighted by molar-refractivity contribution is 5.16. The van der Waals surface area contributed by atoms with E-state index in [4.69, 9.17) is 10.5 Å². The van der Waals surface area contributed by atoms with E-state index in [0.717, 1.165) is 48.6 Å². The van der Waals surface area contributed by atoms with Crippen LogP contribution in [0.3, 0.4) is 0 Å². The summed E-state index contributed by atoms with van der Waals surface area (Å²) in [5, 5.41) is 7.72. The molecular weight excluding hydrogens is 418 g/mol. The second-order valence-electron chi connectivity index (χ2n) is 14.7. The minimum absolute atomic E-state index is 0.0251. The Morgan fingerprint density at radius 1 is 0.971 bits per heavy atom. The number of hydrogen-bond acceptors (Lipinski definition) is 4. The molecular formula is C30H53N3O. The van der Waals surface area contributed by atoms with Gasteiger partial charge in [0.1, 0.15) is 5.72 Å². The molecule has 4 heteroatoms. The summed E-state index contributed by atoms with van der Waals surface area (Å²) < 4.78 is 7.07. The number of hydrogen-bond donors (Lipinski definition) is 3. The molecule has 2 aliphatic heterocycles. The molecule has 4 aliphatic carbocycles. The van der Waals surface area contributed by atoms with Gasteiger partial charge in [-0.1, -0.05) is 27.7 Å². The van der Waals surface area contributed by atoms with Crippen molar-refractivity contribution in [1.82, 2.24) is 10.6 Å². The van der Waals surface area contributed by atoms with E-state index < -0.39 is 0 Å². The van der Waals surface area contributed by atoms with Crippen molar-refractivity contribution in [1.29, 1.82) is 0 Å². The molecule has 194 valence electrons. The molecule has 0 amide bonds. The van der Waals surface area contributed by atoms with Gasteiger partial charge in [-0.25, -0.2) is 0 Å². The highest BCUT2D eigenvalue weighted by Gasteiger charge is 2.68. The summed E-state index contributed by atoms with van der Waals surface area (Å²) >= 11 is 0. The second-order valence-corrected chi connectivity index (χ2v) is 14.7. The maximum Gasteiger partial charge on any atom is 0.122 e. The largest absolute Gasteiger partial charge is 0.357 e. The molecule has 6 fully saturated rings. The summed E-state index contributed by atoms with van der Waals surface area (Å²) in [6.45, 7) is 14.6. The molecule has 0 radical (unpaired) electrons. The lowest BCUT2D eigenvalue weighted by Crippen LogP contribution is -2.58. The van der Waals surface area contributed by atoms with Gasteiger partial charge in [-0.3, -0.25) is 5.32 Å². The van der Waals surface area contributed by atoms with E-state index in [9.17, 15) is 0 Å². The number of fused-ring (bicyclic) bond motifs is 7.